The van der Waals surface area contributed by atoms with Gasteiger partial charge in [0.2, 0.25) is 0 Å². The number of hydrogen-bond acceptors (Lipinski definition) is 3. The molecule has 4 aliphatic rings. The Labute approximate surface area is 183 Å². The number of allylic oxidation sites excluding steroid dienone is 1. The first-order chi connectivity index (χ1) is 14.2. The average Bonchev–Trinajstić information content (AvgIpc) is 3.08. The van der Waals surface area contributed by atoms with Gasteiger partial charge in [0.15, 0.2) is 0 Å². The van der Waals surface area contributed by atoms with Crippen LogP contribution in [-0.4, -0.2) is 28.7 Å². The number of carbonyl (C=O) groups excluding carboxylic acids is 1. The lowest BCUT2D eigenvalue weighted by molar-refractivity contribution is -0.127. The van der Waals surface area contributed by atoms with Crippen LogP contribution in [0.4, 0.5) is 0 Å². The van der Waals surface area contributed by atoms with Crippen LogP contribution in [0.5, 0.6) is 0 Å². The first-order valence-electron chi connectivity index (χ1n) is 12.7. The molecule has 170 valence electrons. The lowest BCUT2D eigenvalue weighted by Crippen LogP contribution is -2.51. The van der Waals surface area contributed by atoms with E-state index in [-0.39, 0.29) is 24.5 Å². The molecule has 3 saturated carbocycles. The molecule has 3 fully saturated rings. The quantitative estimate of drug-likeness (QED) is 0.559. The fraction of sp³-hybridized carbons (Fsp3) is 0.889. The molecule has 4 aliphatic carbocycles. The number of aliphatic hydroxyl groups is 2. The van der Waals surface area contributed by atoms with Gasteiger partial charge in [0.25, 0.3) is 0 Å². The minimum atomic E-state index is -0.133. The van der Waals surface area contributed by atoms with E-state index >= 15 is 0 Å². The summed E-state index contributed by atoms with van der Waals surface area (Å²) in [5.41, 5.74) is 2.14. The fourth-order valence-corrected chi connectivity index (χ4v) is 8.44. The zero-order chi connectivity index (χ0) is 21.7. The number of rotatable bonds is 6. The van der Waals surface area contributed by atoms with Crippen molar-refractivity contribution in [2.45, 2.75) is 98.0 Å². The van der Waals surface area contributed by atoms with E-state index in [2.05, 4.69) is 26.8 Å². The smallest absolute Gasteiger partial charge is 0.136 e. The van der Waals surface area contributed by atoms with Crippen LogP contribution < -0.4 is 0 Å². The maximum atomic E-state index is 13.0. The van der Waals surface area contributed by atoms with Crippen molar-refractivity contribution in [1.82, 2.24) is 0 Å². The molecule has 2 N–H and O–H groups in total. The Kier molecular flexibility index (Phi) is 6.27. The fourth-order valence-electron chi connectivity index (χ4n) is 8.44. The molecule has 30 heavy (non-hydrogen) atoms. The van der Waals surface area contributed by atoms with Gasteiger partial charge in [-0.05, 0) is 98.2 Å². The van der Waals surface area contributed by atoms with Crippen LogP contribution in [0.3, 0.4) is 0 Å². The summed E-state index contributed by atoms with van der Waals surface area (Å²) < 4.78 is 0. The largest absolute Gasteiger partial charge is 0.396 e. The molecule has 0 amide bonds. The first-order valence-corrected chi connectivity index (χ1v) is 12.7. The third kappa shape index (κ3) is 3.62. The Balaban J connectivity index is 1.49. The summed E-state index contributed by atoms with van der Waals surface area (Å²) in [6.45, 7) is 9.41. The number of carbonyl (C=O) groups is 1. The van der Waals surface area contributed by atoms with Crippen LogP contribution in [0.2, 0.25) is 0 Å². The molecule has 0 aromatic rings. The number of hydrogen-bond donors (Lipinski definition) is 2. The van der Waals surface area contributed by atoms with Crippen LogP contribution in [0.25, 0.3) is 0 Å². The van der Waals surface area contributed by atoms with E-state index in [0.717, 1.165) is 43.4 Å². The van der Waals surface area contributed by atoms with Crippen molar-refractivity contribution in [2.75, 3.05) is 6.61 Å². The average molecular weight is 417 g/mol. The summed E-state index contributed by atoms with van der Waals surface area (Å²) in [4.78, 5) is 13.0. The normalized spacial score (nSPS) is 45.0. The van der Waals surface area contributed by atoms with Crippen LogP contribution in [0.15, 0.2) is 11.6 Å². The third-order valence-electron chi connectivity index (χ3n) is 10.5. The van der Waals surface area contributed by atoms with E-state index in [1.807, 2.05) is 6.92 Å². The number of aliphatic hydroxyl groups excluding tert-OH is 2. The van der Waals surface area contributed by atoms with E-state index in [1.54, 1.807) is 5.57 Å². The standard InChI is InChI=1S/C27H44O3/c1-17(16-28)5-10-25(30)18(2)22-8-9-23-21-7-6-19-15-20(29)11-13-26(19,3)24(21)12-14-27(22,23)4/h6,17-18,20-24,28-29H,5,7-16H2,1-4H3/t17-,18-,20-,21-,22+,23-,24-,26-,27+/m0/s1. The molecule has 9 atom stereocenters. The van der Waals surface area contributed by atoms with Gasteiger partial charge in [-0.3, -0.25) is 4.79 Å². The Hall–Kier alpha value is -0.670. The molecule has 4 rings (SSSR count). The monoisotopic (exact) mass is 416 g/mol. The summed E-state index contributed by atoms with van der Waals surface area (Å²) in [6, 6.07) is 0. The topological polar surface area (TPSA) is 57.5 Å². The SMILES string of the molecule is C[C@H](CO)CCC(=O)[C@@H](C)[C@H]1CC[C@H]2[C@@H]3CC=C4C[C@@H](O)CC[C@]4(C)[C@H]3CC[C@]12C. The Morgan fingerprint density at radius 1 is 1.13 bits per heavy atom. The van der Waals surface area contributed by atoms with Crippen molar-refractivity contribution in [3.8, 4) is 0 Å². The molecule has 0 aromatic carbocycles. The highest BCUT2D eigenvalue weighted by atomic mass is 16.3. The van der Waals surface area contributed by atoms with Crippen LogP contribution in [0, 0.1) is 46.3 Å². The highest BCUT2D eigenvalue weighted by molar-refractivity contribution is 5.81. The van der Waals surface area contributed by atoms with Crippen LogP contribution >= 0.6 is 0 Å². The minimum absolute atomic E-state index is 0.133. The van der Waals surface area contributed by atoms with Crippen molar-refractivity contribution < 1.29 is 15.0 Å². The molecule has 0 heterocycles. The maximum absolute atomic E-state index is 13.0. The van der Waals surface area contributed by atoms with Gasteiger partial charge in [0, 0.05) is 18.9 Å². The van der Waals surface area contributed by atoms with Gasteiger partial charge in [-0.2, -0.15) is 0 Å². The summed E-state index contributed by atoms with van der Waals surface area (Å²) in [5, 5.41) is 19.5. The van der Waals surface area contributed by atoms with Gasteiger partial charge in [-0.25, -0.2) is 0 Å². The maximum Gasteiger partial charge on any atom is 0.136 e. The minimum Gasteiger partial charge on any atom is -0.396 e. The Morgan fingerprint density at radius 3 is 2.63 bits per heavy atom. The van der Waals surface area contributed by atoms with Crippen molar-refractivity contribution in [2.24, 2.45) is 46.3 Å². The zero-order valence-electron chi connectivity index (χ0n) is 19.7. The lowest BCUT2D eigenvalue weighted by atomic mass is 9.47. The van der Waals surface area contributed by atoms with Gasteiger partial charge < -0.3 is 10.2 Å². The molecule has 0 saturated heterocycles. The molecule has 0 aliphatic heterocycles. The summed E-state index contributed by atoms with van der Waals surface area (Å²) in [7, 11) is 0. The molecule has 3 heteroatoms. The van der Waals surface area contributed by atoms with E-state index in [0.29, 0.717) is 29.0 Å². The molecule has 0 aromatic heterocycles. The molecule has 0 spiro atoms. The van der Waals surface area contributed by atoms with Crippen LogP contribution in [0.1, 0.15) is 91.9 Å². The summed E-state index contributed by atoms with van der Waals surface area (Å²) >= 11 is 0. The Morgan fingerprint density at radius 2 is 1.90 bits per heavy atom. The molecule has 0 radical (unpaired) electrons. The Bertz CT molecular complexity index is 684. The zero-order valence-corrected chi connectivity index (χ0v) is 19.7. The van der Waals surface area contributed by atoms with E-state index in [1.165, 1.54) is 32.1 Å². The van der Waals surface area contributed by atoms with Gasteiger partial charge in [-0.15, -0.1) is 0 Å². The van der Waals surface area contributed by atoms with Gasteiger partial charge >= 0.3 is 0 Å². The third-order valence-corrected chi connectivity index (χ3v) is 10.5. The van der Waals surface area contributed by atoms with Gasteiger partial charge in [-0.1, -0.05) is 39.3 Å². The highest BCUT2D eigenvalue weighted by Crippen LogP contribution is 2.67. The van der Waals surface area contributed by atoms with E-state index < -0.39 is 0 Å². The predicted molar refractivity (Wildman–Crippen MR) is 121 cm³/mol. The van der Waals surface area contributed by atoms with Crippen molar-refractivity contribution in [1.29, 1.82) is 0 Å². The molecular weight excluding hydrogens is 372 g/mol. The lowest BCUT2D eigenvalue weighted by Gasteiger charge is -2.58. The number of ketones is 1. The van der Waals surface area contributed by atoms with Crippen molar-refractivity contribution >= 4 is 5.78 Å². The second-order valence-electron chi connectivity index (χ2n) is 12.0. The van der Waals surface area contributed by atoms with Gasteiger partial charge in [0.05, 0.1) is 6.10 Å². The highest BCUT2D eigenvalue weighted by Gasteiger charge is 2.59. The second kappa shape index (κ2) is 8.35. The summed E-state index contributed by atoms with van der Waals surface area (Å²) in [6.07, 6.45) is 13.0. The van der Waals surface area contributed by atoms with E-state index in [4.69, 9.17) is 0 Å². The van der Waals surface area contributed by atoms with Crippen molar-refractivity contribution in [3.63, 3.8) is 0 Å². The van der Waals surface area contributed by atoms with Gasteiger partial charge in [0.1, 0.15) is 5.78 Å². The summed E-state index contributed by atoms with van der Waals surface area (Å²) in [5.74, 6) is 3.58. The van der Waals surface area contributed by atoms with Crippen LogP contribution in [-0.2, 0) is 4.79 Å². The number of fused-ring (bicyclic) bond motifs is 5. The number of Topliss-reactive ketones (excluding diaryl/α,β-unsaturated/α-hetero) is 1. The molecular formula is C27H44O3. The van der Waals surface area contributed by atoms with Crippen molar-refractivity contribution in [3.05, 3.63) is 11.6 Å². The molecule has 0 bridgehead atoms. The van der Waals surface area contributed by atoms with E-state index in [9.17, 15) is 15.0 Å². The second-order valence-corrected chi connectivity index (χ2v) is 12.0. The molecule has 0 unspecified atom stereocenters. The predicted octanol–water partition coefficient (Wildman–Crippen LogP) is 5.54. The first kappa shape index (κ1) is 22.5. The molecule has 3 nitrogen and oxygen atoms in total.